The summed E-state index contributed by atoms with van der Waals surface area (Å²) in [6.45, 7) is 4.76. The molecular formula is C18H37O. The first-order valence-corrected chi connectivity index (χ1v) is 8.85. The molecule has 0 amide bonds. The van der Waals surface area contributed by atoms with Crippen molar-refractivity contribution in [1.82, 2.24) is 0 Å². The van der Waals surface area contributed by atoms with Crippen LogP contribution in [-0.4, -0.2) is 6.61 Å². The first-order chi connectivity index (χ1) is 9.27. The zero-order chi connectivity index (χ0) is 14.2. The van der Waals surface area contributed by atoms with Crippen LogP contribution in [0, 0.1) is 5.92 Å². The van der Waals surface area contributed by atoms with Gasteiger partial charge < -0.3 is 0 Å². The molecule has 0 rings (SSSR count). The van der Waals surface area contributed by atoms with Gasteiger partial charge >= 0.3 is 0 Å². The van der Waals surface area contributed by atoms with Crippen LogP contribution >= 0.6 is 0 Å². The van der Waals surface area contributed by atoms with Crippen LogP contribution in [0.25, 0.3) is 0 Å². The summed E-state index contributed by atoms with van der Waals surface area (Å²) >= 11 is 0. The highest BCUT2D eigenvalue weighted by Crippen LogP contribution is 2.14. The highest BCUT2D eigenvalue weighted by Gasteiger charge is 1.95. The number of rotatable bonds is 15. The molecule has 0 aromatic rings. The minimum atomic E-state index is 0.122. The second-order valence-corrected chi connectivity index (χ2v) is 6.48. The van der Waals surface area contributed by atoms with Gasteiger partial charge in [-0.2, -0.15) is 0 Å². The zero-order valence-electron chi connectivity index (χ0n) is 13.6. The van der Waals surface area contributed by atoms with Crippen LogP contribution in [0.4, 0.5) is 0 Å². The zero-order valence-corrected chi connectivity index (χ0v) is 13.6. The molecule has 0 aromatic heterocycles. The fourth-order valence-corrected chi connectivity index (χ4v) is 2.60. The van der Waals surface area contributed by atoms with Crippen molar-refractivity contribution >= 4 is 0 Å². The Labute approximate surface area is 122 Å². The first kappa shape index (κ1) is 19.0. The molecule has 19 heavy (non-hydrogen) atoms. The predicted octanol–water partition coefficient (Wildman–Crippen LogP) is 6.53. The molecule has 0 N–H and O–H groups in total. The molecule has 0 aromatic carbocycles. The molecule has 0 aliphatic rings. The summed E-state index contributed by atoms with van der Waals surface area (Å²) in [4.78, 5) is 0. The quantitative estimate of drug-likeness (QED) is 0.301. The maximum Gasteiger partial charge on any atom is 0.0822 e. The summed E-state index contributed by atoms with van der Waals surface area (Å²) in [5.74, 6) is 0.883. The molecule has 0 atom stereocenters. The molecule has 0 heterocycles. The average Bonchev–Trinajstić information content (AvgIpc) is 2.39. The summed E-state index contributed by atoms with van der Waals surface area (Å²) in [6, 6.07) is 0. The molecule has 0 saturated carbocycles. The van der Waals surface area contributed by atoms with E-state index in [4.69, 9.17) is 0 Å². The molecule has 115 valence electrons. The lowest BCUT2D eigenvalue weighted by molar-refractivity contribution is 0.186. The Bertz CT molecular complexity index is 154. The van der Waals surface area contributed by atoms with Gasteiger partial charge in [-0.15, -0.1) is 0 Å². The minimum absolute atomic E-state index is 0.122. The smallest absolute Gasteiger partial charge is 0.0822 e. The van der Waals surface area contributed by atoms with Gasteiger partial charge in [0, 0.05) is 0 Å². The van der Waals surface area contributed by atoms with Crippen molar-refractivity contribution in [2.75, 3.05) is 6.61 Å². The Hall–Kier alpha value is -0.0400. The van der Waals surface area contributed by atoms with Gasteiger partial charge in [0.2, 0.25) is 0 Å². The summed E-state index contributed by atoms with van der Waals surface area (Å²) < 4.78 is 0. The number of hydrogen-bond donors (Lipinski definition) is 0. The van der Waals surface area contributed by atoms with Gasteiger partial charge in [-0.05, 0) is 12.3 Å². The number of unbranched alkanes of at least 4 members (excludes halogenated alkanes) is 12. The highest BCUT2D eigenvalue weighted by atomic mass is 16.2. The summed E-state index contributed by atoms with van der Waals surface area (Å²) in [5, 5.41) is 10.3. The Kier molecular flexibility index (Phi) is 16.0. The van der Waals surface area contributed by atoms with Crippen LogP contribution in [0.1, 0.15) is 104 Å². The summed E-state index contributed by atoms with van der Waals surface area (Å²) in [7, 11) is 0. The van der Waals surface area contributed by atoms with Gasteiger partial charge in [-0.25, -0.2) is 5.11 Å². The third-order valence-electron chi connectivity index (χ3n) is 3.93. The molecular weight excluding hydrogens is 232 g/mol. The van der Waals surface area contributed by atoms with Gasteiger partial charge in [0.05, 0.1) is 6.61 Å². The van der Waals surface area contributed by atoms with E-state index in [0.717, 1.165) is 18.8 Å². The molecule has 1 heteroatoms. The van der Waals surface area contributed by atoms with Gasteiger partial charge in [-0.3, -0.25) is 0 Å². The highest BCUT2D eigenvalue weighted by molar-refractivity contribution is 4.50. The van der Waals surface area contributed by atoms with Crippen molar-refractivity contribution in [2.24, 2.45) is 5.92 Å². The Morgan fingerprint density at radius 3 is 1.16 bits per heavy atom. The second-order valence-electron chi connectivity index (χ2n) is 6.48. The van der Waals surface area contributed by atoms with Crippen LogP contribution in [0.2, 0.25) is 0 Å². The van der Waals surface area contributed by atoms with Crippen molar-refractivity contribution in [3.63, 3.8) is 0 Å². The van der Waals surface area contributed by atoms with E-state index in [-0.39, 0.29) is 6.61 Å². The van der Waals surface area contributed by atoms with E-state index in [1.807, 2.05) is 0 Å². The summed E-state index contributed by atoms with van der Waals surface area (Å²) in [5.41, 5.74) is 0. The Morgan fingerprint density at radius 2 is 0.842 bits per heavy atom. The topological polar surface area (TPSA) is 19.9 Å². The molecule has 0 bridgehead atoms. The van der Waals surface area contributed by atoms with Crippen molar-refractivity contribution in [2.45, 2.75) is 104 Å². The molecule has 1 nitrogen and oxygen atoms in total. The lowest BCUT2D eigenvalue weighted by Crippen LogP contribution is -1.87. The van der Waals surface area contributed by atoms with Gasteiger partial charge in [0.25, 0.3) is 0 Å². The molecule has 0 aliphatic heterocycles. The van der Waals surface area contributed by atoms with E-state index in [9.17, 15) is 5.11 Å². The Balaban J connectivity index is 2.91. The lowest BCUT2D eigenvalue weighted by Gasteiger charge is -2.04. The van der Waals surface area contributed by atoms with Crippen molar-refractivity contribution in [1.29, 1.82) is 0 Å². The second kappa shape index (κ2) is 16.0. The minimum Gasteiger partial charge on any atom is -0.237 e. The van der Waals surface area contributed by atoms with Gasteiger partial charge in [0.15, 0.2) is 0 Å². The van der Waals surface area contributed by atoms with Crippen LogP contribution < -0.4 is 0 Å². The molecule has 0 spiro atoms. The largest absolute Gasteiger partial charge is 0.237 e. The Morgan fingerprint density at radius 1 is 0.526 bits per heavy atom. The first-order valence-electron chi connectivity index (χ1n) is 8.85. The number of hydrogen-bond acceptors (Lipinski definition) is 0. The van der Waals surface area contributed by atoms with Gasteiger partial charge in [-0.1, -0.05) is 97.3 Å². The van der Waals surface area contributed by atoms with Gasteiger partial charge in [0.1, 0.15) is 0 Å². The van der Waals surface area contributed by atoms with E-state index in [1.54, 1.807) is 0 Å². The standard InChI is InChI=1S/C18H37O/c1-18(2)16-14-12-10-8-6-4-3-5-7-9-11-13-15-17-19/h18H,3-17H2,1-2H3. The maximum absolute atomic E-state index is 10.3. The monoisotopic (exact) mass is 269 g/mol. The normalized spacial score (nSPS) is 11.4. The molecule has 0 saturated heterocycles. The third-order valence-corrected chi connectivity index (χ3v) is 3.93. The van der Waals surface area contributed by atoms with Crippen LogP contribution in [0.15, 0.2) is 0 Å². The molecule has 0 fully saturated rings. The predicted molar refractivity (Wildman–Crippen MR) is 85.0 cm³/mol. The SMILES string of the molecule is CC(C)CCCCCCCCCCCCCCC[O]. The molecule has 1 radical (unpaired) electrons. The van der Waals surface area contributed by atoms with Crippen LogP contribution in [0.5, 0.6) is 0 Å². The van der Waals surface area contributed by atoms with Crippen molar-refractivity contribution < 1.29 is 5.11 Å². The van der Waals surface area contributed by atoms with Crippen LogP contribution in [0.3, 0.4) is 0 Å². The summed E-state index contributed by atoms with van der Waals surface area (Å²) in [6.07, 6.45) is 18.9. The van der Waals surface area contributed by atoms with E-state index in [0.29, 0.717) is 0 Å². The fraction of sp³-hybridized carbons (Fsp3) is 1.00. The van der Waals surface area contributed by atoms with Crippen molar-refractivity contribution in [3.05, 3.63) is 0 Å². The maximum atomic E-state index is 10.3. The molecule has 0 unspecified atom stereocenters. The van der Waals surface area contributed by atoms with E-state index in [2.05, 4.69) is 13.8 Å². The average molecular weight is 269 g/mol. The molecule has 0 aliphatic carbocycles. The fourth-order valence-electron chi connectivity index (χ4n) is 2.60. The third kappa shape index (κ3) is 18.0. The van der Waals surface area contributed by atoms with E-state index >= 15 is 0 Å². The lowest BCUT2D eigenvalue weighted by atomic mass is 10.0. The van der Waals surface area contributed by atoms with Crippen LogP contribution in [-0.2, 0) is 5.11 Å². The van der Waals surface area contributed by atoms with Crippen molar-refractivity contribution in [3.8, 4) is 0 Å². The van der Waals surface area contributed by atoms with E-state index < -0.39 is 0 Å². The van der Waals surface area contributed by atoms with E-state index in [1.165, 1.54) is 77.0 Å².